The van der Waals surface area contributed by atoms with Gasteiger partial charge < -0.3 is 9.64 Å². The van der Waals surface area contributed by atoms with Gasteiger partial charge in [0, 0.05) is 19.4 Å². The summed E-state index contributed by atoms with van der Waals surface area (Å²) in [7, 11) is 0. The number of ketones is 1. The minimum atomic E-state index is -0.776. The summed E-state index contributed by atoms with van der Waals surface area (Å²) in [6.07, 6.45) is 1.28. The van der Waals surface area contributed by atoms with Gasteiger partial charge in [-0.2, -0.15) is 0 Å². The van der Waals surface area contributed by atoms with Crippen LogP contribution in [-0.4, -0.2) is 42.9 Å². The maximum atomic E-state index is 12.7. The Labute approximate surface area is 132 Å². The van der Waals surface area contributed by atoms with Crippen LogP contribution in [0.1, 0.15) is 38.7 Å². The first-order chi connectivity index (χ1) is 10.6. The van der Waals surface area contributed by atoms with Gasteiger partial charge in [0.15, 0.2) is 0 Å². The van der Waals surface area contributed by atoms with Crippen molar-refractivity contribution in [3.8, 4) is 0 Å². The van der Waals surface area contributed by atoms with Gasteiger partial charge in [-0.25, -0.2) is 0 Å². The monoisotopic (exact) mass is 303 g/mol. The zero-order valence-electron chi connectivity index (χ0n) is 13.5. The van der Waals surface area contributed by atoms with Gasteiger partial charge in [-0.15, -0.1) is 0 Å². The van der Waals surface area contributed by atoms with E-state index >= 15 is 0 Å². The fourth-order valence-electron chi connectivity index (χ4n) is 3.11. The van der Waals surface area contributed by atoms with E-state index < -0.39 is 5.41 Å². The predicted molar refractivity (Wildman–Crippen MR) is 85.7 cm³/mol. The van der Waals surface area contributed by atoms with Crippen molar-refractivity contribution >= 4 is 11.8 Å². The van der Waals surface area contributed by atoms with Gasteiger partial charge in [-0.05, 0) is 25.1 Å². The summed E-state index contributed by atoms with van der Waals surface area (Å²) in [4.78, 5) is 26.7. The van der Waals surface area contributed by atoms with E-state index in [1.54, 1.807) is 0 Å². The second kappa shape index (κ2) is 7.54. The lowest BCUT2D eigenvalue weighted by atomic mass is 9.79. The highest BCUT2D eigenvalue weighted by atomic mass is 16.5. The molecule has 0 amide bonds. The molecule has 0 unspecified atom stereocenters. The first-order valence-electron chi connectivity index (χ1n) is 8.09. The van der Waals surface area contributed by atoms with Crippen molar-refractivity contribution in [2.24, 2.45) is 0 Å². The molecule has 0 radical (unpaired) electrons. The molecule has 0 heterocycles. The Hall–Kier alpha value is -1.68. The second-order valence-corrected chi connectivity index (χ2v) is 5.83. The van der Waals surface area contributed by atoms with E-state index in [0.29, 0.717) is 19.4 Å². The lowest BCUT2D eigenvalue weighted by molar-refractivity contribution is -0.151. The summed E-state index contributed by atoms with van der Waals surface area (Å²) in [6.45, 7) is 7.17. The molecule has 4 nitrogen and oxygen atoms in total. The molecule has 1 saturated carbocycles. The van der Waals surface area contributed by atoms with Gasteiger partial charge in [0.25, 0.3) is 0 Å². The fourth-order valence-corrected chi connectivity index (χ4v) is 3.11. The van der Waals surface area contributed by atoms with Crippen molar-refractivity contribution in [1.29, 1.82) is 0 Å². The minimum Gasteiger partial charge on any atom is -0.464 e. The summed E-state index contributed by atoms with van der Waals surface area (Å²) >= 11 is 0. The van der Waals surface area contributed by atoms with Crippen molar-refractivity contribution in [3.63, 3.8) is 0 Å². The van der Waals surface area contributed by atoms with Crippen LogP contribution >= 0.6 is 0 Å². The van der Waals surface area contributed by atoms with Gasteiger partial charge in [-0.1, -0.05) is 44.2 Å². The van der Waals surface area contributed by atoms with Gasteiger partial charge in [0.2, 0.25) is 0 Å². The largest absolute Gasteiger partial charge is 0.464 e. The molecule has 1 atom stereocenters. The highest BCUT2D eigenvalue weighted by Gasteiger charge is 2.47. The molecule has 0 aliphatic heterocycles. The number of Topliss-reactive ketones (excluding diaryl/α,β-unsaturated/α-hetero) is 1. The topological polar surface area (TPSA) is 46.6 Å². The summed E-state index contributed by atoms with van der Waals surface area (Å²) in [5.41, 5.74) is 0.121. The van der Waals surface area contributed by atoms with E-state index in [0.717, 1.165) is 25.2 Å². The maximum absolute atomic E-state index is 12.7. The number of esters is 1. The van der Waals surface area contributed by atoms with Crippen LogP contribution in [0, 0.1) is 0 Å². The van der Waals surface area contributed by atoms with E-state index in [2.05, 4.69) is 18.7 Å². The van der Waals surface area contributed by atoms with Crippen molar-refractivity contribution in [2.45, 2.75) is 38.5 Å². The molecule has 1 aliphatic rings. The van der Waals surface area contributed by atoms with Gasteiger partial charge in [0.1, 0.15) is 17.8 Å². The van der Waals surface area contributed by atoms with Crippen LogP contribution in [0.4, 0.5) is 0 Å². The molecule has 1 aromatic carbocycles. The standard InChI is InChI=1S/C18H25NO3/c1-3-19(4-2)12-13-22-17(21)18(11-10-16(20)14-18)15-8-6-5-7-9-15/h5-9H,3-4,10-14H2,1-2H3/t18-/m1/s1. The molecule has 1 fully saturated rings. The average molecular weight is 303 g/mol. The van der Waals surface area contributed by atoms with Crippen molar-refractivity contribution in [1.82, 2.24) is 4.90 Å². The van der Waals surface area contributed by atoms with E-state index in [4.69, 9.17) is 4.74 Å². The number of likely N-dealkylation sites (N-methyl/N-ethyl adjacent to an activating group) is 1. The SMILES string of the molecule is CCN(CC)CCOC(=O)[C@]1(c2ccccc2)CCC(=O)C1. The Morgan fingerprint density at radius 2 is 1.91 bits per heavy atom. The Bertz CT molecular complexity index is 510. The van der Waals surface area contributed by atoms with Crippen molar-refractivity contribution in [3.05, 3.63) is 35.9 Å². The summed E-state index contributed by atoms with van der Waals surface area (Å²) in [5, 5.41) is 0. The normalized spacial score (nSPS) is 21.3. The summed E-state index contributed by atoms with van der Waals surface area (Å²) in [6, 6.07) is 9.57. The lowest BCUT2D eigenvalue weighted by Crippen LogP contribution is -2.37. The molecule has 22 heavy (non-hydrogen) atoms. The molecule has 2 rings (SSSR count). The third-order valence-electron chi connectivity index (χ3n) is 4.58. The number of hydrogen-bond acceptors (Lipinski definition) is 4. The van der Waals surface area contributed by atoms with Gasteiger partial charge >= 0.3 is 5.97 Å². The van der Waals surface area contributed by atoms with Crippen LogP contribution in [0.25, 0.3) is 0 Å². The van der Waals surface area contributed by atoms with Gasteiger partial charge in [0.05, 0.1) is 0 Å². The number of nitrogens with zero attached hydrogens (tertiary/aromatic N) is 1. The molecule has 4 heteroatoms. The molecule has 1 aromatic rings. The number of carbonyl (C=O) groups excluding carboxylic acids is 2. The Morgan fingerprint density at radius 1 is 1.23 bits per heavy atom. The van der Waals surface area contributed by atoms with Crippen LogP contribution in [-0.2, 0) is 19.7 Å². The third-order valence-corrected chi connectivity index (χ3v) is 4.58. The highest BCUT2D eigenvalue weighted by Crippen LogP contribution is 2.40. The molecular formula is C18H25NO3. The summed E-state index contributed by atoms with van der Waals surface area (Å²) in [5.74, 6) is -0.110. The average Bonchev–Trinajstić information content (AvgIpc) is 2.95. The van der Waals surface area contributed by atoms with Crippen molar-refractivity contribution < 1.29 is 14.3 Å². The Kier molecular flexibility index (Phi) is 5.72. The lowest BCUT2D eigenvalue weighted by Gasteiger charge is -2.27. The first kappa shape index (κ1) is 16.7. The second-order valence-electron chi connectivity index (χ2n) is 5.83. The van der Waals surface area contributed by atoms with Crippen LogP contribution in [0.2, 0.25) is 0 Å². The van der Waals surface area contributed by atoms with Crippen LogP contribution in [0.3, 0.4) is 0 Å². The van der Waals surface area contributed by atoms with Crippen LogP contribution in [0.5, 0.6) is 0 Å². The number of hydrogen-bond donors (Lipinski definition) is 0. The predicted octanol–water partition coefficient (Wildman–Crippen LogP) is 2.56. The molecule has 0 aromatic heterocycles. The molecular weight excluding hydrogens is 278 g/mol. The third kappa shape index (κ3) is 3.55. The van der Waals surface area contributed by atoms with Crippen LogP contribution < -0.4 is 0 Å². The number of benzene rings is 1. The smallest absolute Gasteiger partial charge is 0.317 e. The summed E-state index contributed by atoms with van der Waals surface area (Å²) < 4.78 is 5.53. The highest BCUT2D eigenvalue weighted by molar-refractivity contribution is 5.94. The van der Waals surface area contributed by atoms with Crippen LogP contribution in [0.15, 0.2) is 30.3 Å². The van der Waals surface area contributed by atoms with E-state index in [1.807, 2.05) is 30.3 Å². The molecule has 1 aliphatic carbocycles. The molecule has 0 saturated heterocycles. The molecule has 0 spiro atoms. The molecule has 0 N–H and O–H groups in total. The zero-order chi connectivity index (χ0) is 16.0. The molecule has 120 valence electrons. The maximum Gasteiger partial charge on any atom is 0.317 e. The molecule has 0 bridgehead atoms. The first-order valence-corrected chi connectivity index (χ1v) is 8.09. The Balaban J connectivity index is 2.07. The number of carbonyl (C=O) groups is 2. The zero-order valence-corrected chi connectivity index (χ0v) is 13.5. The number of ether oxygens (including phenoxy) is 1. The van der Waals surface area contributed by atoms with E-state index in [-0.39, 0.29) is 18.2 Å². The quantitative estimate of drug-likeness (QED) is 0.726. The minimum absolute atomic E-state index is 0.143. The van der Waals surface area contributed by atoms with E-state index in [1.165, 1.54) is 0 Å². The fraction of sp³-hybridized carbons (Fsp3) is 0.556. The van der Waals surface area contributed by atoms with Crippen molar-refractivity contribution in [2.75, 3.05) is 26.2 Å². The van der Waals surface area contributed by atoms with Gasteiger partial charge in [-0.3, -0.25) is 9.59 Å². The Morgan fingerprint density at radius 3 is 2.45 bits per heavy atom. The van der Waals surface area contributed by atoms with E-state index in [9.17, 15) is 9.59 Å². The number of rotatable bonds is 7.